The van der Waals surface area contributed by atoms with Crippen molar-refractivity contribution in [2.75, 3.05) is 0 Å². The smallest absolute Gasteiger partial charge is 0.115 e. The summed E-state index contributed by atoms with van der Waals surface area (Å²) in [5, 5.41) is 13.3. The van der Waals surface area contributed by atoms with E-state index in [1.165, 1.54) is 23.1 Å². The van der Waals surface area contributed by atoms with Crippen LogP contribution in [0.15, 0.2) is 48.5 Å². The van der Waals surface area contributed by atoms with Crippen LogP contribution in [0.3, 0.4) is 0 Å². The minimum absolute atomic E-state index is 0.334. The molecule has 2 unspecified atom stereocenters. The number of fused-ring (bicyclic) bond motifs is 1. The van der Waals surface area contributed by atoms with E-state index in [2.05, 4.69) is 48.6 Å². The van der Waals surface area contributed by atoms with Gasteiger partial charge in [-0.3, -0.25) is 0 Å². The third-order valence-corrected chi connectivity index (χ3v) is 4.19. The van der Waals surface area contributed by atoms with Crippen LogP contribution < -0.4 is 5.32 Å². The summed E-state index contributed by atoms with van der Waals surface area (Å²) in [6.45, 7) is 2.21. The van der Waals surface area contributed by atoms with Crippen LogP contribution in [0.2, 0.25) is 0 Å². The van der Waals surface area contributed by atoms with Gasteiger partial charge in [-0.25, -0.2) is 0 Å². The van der Waals surface area contributed by atoms with Crippen molar-refractivity contribution in [1.29, 1.82) is 0 Å². The molecule has 0 saturated heterocycles. The predicted molar refractivity (Wildman–Crippen MR) is 81.8 cm³/mol. The summed E-state index contributed by atoms with van der Waals surface area (Å²) in [5.74, 6) is 0.375. The van der Waals surface area contributed by atoms with E-state index in [-0.39, 0.29) is 0 Å². The highest BCUT2D eigenvalue weighted by atomic mass is 16.3. The molecule has 2 N–H and O–H groups in total. The molecule has 2 nitrogen and oxygen atoms in total. The molecule has 0 saturated carbocycles. The number of nitrogens with one attached hydrogen (secondary N) is 1. The van der Waals surface area contributed by atoms with Crippen LogP contribution in [0.5, 0.6) is 5.75 Å². The first kappa shape index (κ1) is 13.2. The van der Waals surface area contributed by atoms with Gasteiger partial charge in [-0.2, -0.15) is 0 Å². The van der Waals surface area contributed by atoms with Crippen molar-refractivity contribution in [2.24, 2.45) is 0 Å². The van der Waals surface area contributed by atoms with Crippen LogP contribution in [0, 0.1) is 0 Å². The van der Waals surface area contributed by atoms with Gasteiger partial charge in [0.2, 0.25) is 0 Å². The Morgan fingerprint density at radius 2 is 1.95 bits per heavy atom. The number of hydrogen-bond donors (Lipinski definition) is 2. The zero-order chi connectivity index (χ0) is 13.9. The molecule has 2 aromatic carbocycles. The van der Waals surface area contributed by atoms with Crippen LogP contribution in [0.4, 0.5) is 0 Å². The summed E-state index contributed by atoms with van der Waals surface area (Å²) in [6, 6.07) is 17.0. The van der Waals surface area contributed by atoms with Crippen molar-refractivity contribution >= 4 is 0 Å². The van der Waals surface area contributed by atoms with E-state index in [1.54, 1.807) is 6.07 Å². The Bertz CT molecular complexity index is 579. The van der Waals surface area contributed by atoms with E-state index in [0.29, 0.717) is 17.8 Å². The lowest BCUT2D eigenvalue weighted by atomic mass is 9.87. The molecule has 1 aliphatic rings. The Labute approximate surface area is 120 Å². The molecule has 0 amide bonds. The summed E-state index contributed by atoms with van der Waals surface area (Å²) < 4.78 is 0. The molecule has 1 aliphatic carbocycles. The molecule has 3 rings (SSSR count). The maximum absolute atomic E-state index is 9.61. The maximum Gasteiger partial charge on any atom is 0.115 e. The van der Waals surface area contributed by atoms with Gasteiger partial charge in [-0.15, -0.1) is 0 Å². The molecule has 2 heteroatoms. The van der Waals surface area contributed by atoms with Crippen molar-refractivity contribution in [3.8, 4) is 5.75 Å². The average molecular weight is 267 g/mol. The monoisotopic (exact) mass is 267 g/mol. The number of hydrogen-bond acceptors (Lipinski definition) is 2. The summed E-state index contributed by atoms with van der Waals surface area (Å²) in [5.41, 5.74) is 3.95. The van der Waals surface area contributed by atoms with Crippen LogP contribution in [0.1, 0.15) is 48.5 Å². The fourth-order valence-corrected chi connectivity index (χ4v) is 3.11. The lowest BCUT2D eigenvalue weighted by Crippen LogP contribution is -2.27. The zero-order valence-electron chi connectivity index (χ0n) is 11.8. The topological polar surface area (TPSA) is 32.3 Å². The molecule has 0 bridgehead atoms. The van der Waals surface area contributed by atoms with E-state index in [0.717, 1.165) is 12.8 Å². The number of phenols is 1. The van der Waals surface area contributed by atoms with Crippen molar-refractivity contribution in [2.45, 2.75) is 38.3 Å². The van der Waals surface area contributed by atoms with Crippen LogP contribution in [-0.2, 0) is 6.42 Å². The van der Waals surface area contributed by atoms with Crippen molar-refractivity contribution < 1.29 is 5.11 Å². The number of aromatic hydroxyl groups is 1. The van der Waals surface area contributed by atoms with Crippen molar-refractivity contribution in [3.63, 3.8) is 0 Å². The summed E-state index contributed by atoms with van der Waals surface area (Å²) in [7, 11) is 0. The van der Waals surface area contributed by atoms with Crippen LogP contribution >= 0.6 is 0 Å². The molecule has 0 heterocycles. The molecule has 0 radical (unpaired) electrons. The van der Waals surface area contributed by atoms with Gasteiger partial charge in [0, 0.05) is 12.1 Å². The lowest BCUT2D eigenvalue weighted by Gasteiger charge is -2.29. The quantitative estimate of drug-likeness (QED) is 0.876. The van der Waals surface area contributed by atoms with Gasteiger partial charge < -0.3 is 10.4 Å². The van der Waals surface area contributed by atoms with Crippen LogP contribution in [-0.4, -0.2) is 5.11 Å². The highest BCUT2D eigenvalue weighted by Gasteiger charge is 2.22. The molecule has 104 valence electrons. The highest BCUT2D eigenvalue weighted by Crippen LogP contribution is 2.33. The second-order valence-electron chi connectivity index (χ2n) is 5.63. The van der Waals surface area contributed by atoms with E-state index in [4.69, 9.17) is 0 Å². The van der Waals surface area contributed by atoms with Crippen molar-refractivity contribution in [3.05, 3.63) is 65.2 Å². The fraction of sp³-hybridized carbons (Fsp3) is 0.333. The third-order valence-electron chi connectivity index (χ3n) is 4.19. The SMILES string of the molecule is CC(NC1CCCc2cc(O)ccc21)c1ccccc1. The Morgan fingerprint density at radius 1 is 1.15 bits per heavy atom. The Morgan fingerprint density at radius 3 is 2.75 bits per heavy atom. The van der Waals surface area contributed by atoms with E-state index in [1.807, 2.05) is 6.07 Å². The maximum atomic E-state index is 9.61. The van der Waals surface area contributed by atoms with Crippen molar-refractivity contribution in [1.82, 2.24) is 5.32 Å². The fourth-order valence-electron chi connectivity index (χ4n) is 3.11. The molecular weight excluding hydrogens is 246 g/mol. The van der Waals surface area contributed by atoms with Gasteiger partial charge in [0.05, 0.1) is 0 Å². The van der Waals surface area contributed by atoms with E-state index in [9.17, 15) is 5.11 Å². The van der Waals surface area contributed by atoms with Crippen LogP contribution in [0.25, 0.3) is 0 Å². The first-order valence-corrected chi connectivity index (χ1v) is 7.37. The summed E-state index contributed by atoms with van der Waals surface area (Å²) in [6.07, 6.45) is 3.41. The minimum Gasteiger partial charge on any atom is -0.508 e. The second-order valence-corrected chi connectivity index (χ2v) is 5.63. The zero-order valence-corrected chi connectivity index (χ0v) is 11.8. The Kier molecular flexibility index (Phi) is 3.75. The molecule has 0 fully saturated rings. The first-order chi connectivity index (χ1) is 9.74. The highest BCUT2D eigenvalue weighted by molar-refractivity contribution is 5.38. The summed E-state index contributed by atoms with van der Waals surface area (Å²) >= 11 is 0. The number of phenolic OH excluding ortho intramolecular Hbond substituents is 1. The van der Waals surface area contributed by atoms with Gasteiger partial charge in [-0.05, 0) is 55.0 Å². The molecule has 2 aromatic rings. The minimum atomic E-state index is 0.334. The predicted octanol–water partition coefficient (Wildman–Crippen LogP) is 4.12. The standard InChI is InChI=1S/C18H21NO/c1-13(14-6-3-2-4-7-14)19-18-9-5-8-15-12-16(20)10-11-17(15)18/h2-4,6-7,10-13,18-20H,5,8-9H2,1H3. The molecular formula is C18H21NO. The summed E-state index contributed by atoms with van der Waals surface area (Å²) in [4.78, 5) is 0. The molecule has 20 heavy (non-hydrogen) atoms. The Balaban J connectivity index is 1.80. The van der Waals surface area contributed by atoms with Gasteiger partial charge in [-0.1, -0.05) is 36.4 Å². The van der Waals surface area contributed by atoms with E-state index >= 15 is 0 Å². The molecule has 0 aromatic heterocycles. The molecule has 2 atom stereocenters. The van der Waals surface area contributed by atoms with E-state index < -0.39 is 0 Å². The van der Waals surface area contributed by atoms with Gasteiger partial charge in [0.15, 0.2) is 0 Å². The normalized spacial score (nSPS) is 19.4. The number of aryl methyl sites for hydroxylation is 1. The number of benzene rings is 2. The Hall–Kier alpha value is -1.80. The first-order valence-electron chi connectivity index (χ1n) is 7.37. The van der Waals surface area contributed by atoms with Gasteiger partial charge in [0.25, 0.3) is 0 Å². The largest absolute Gasteiger partial charge is 0.508 e. The molecule has 0 spiro atoms. The van der Waals surface area contributed by atoms with Gasteiger partial charge in [0.1, 0.15) is 5.75 Å². The third kappa shape index (κ3) is 2.70. The molecule has 0 aliphatic heterocycles. The second kappa shape index (κ2) is 5.68. The van der Waals surface area contributed by atoms with Gasteiger partial charge >= 0.3 is 0 Å². The lowest BCUT2D eigenvalue weighted by molar-refractivity contribution is 0.413. The number of rotatable bonds is 3. The average Bonchev–Trinajstić information content (AvgIpc) is 2.48.